The number of nitrogens with zero attached hydrogens (tertiary/aromatic N) is 2. The van der Waals surface area contributed by atoms with Gasteiger partial charge in [0.1, 0.15) is 0 Å². The molecule has 9 atom stereocenters. The molecule has 8 fully saturated rings. The second kappa shape index (κ2) is 14.2. The lowest BCUT2D eigenvalue weighted by atomic mass is 9.62. The van der Waals surface area contributed by atoms with Crippen molar-refractivity contribution in [2.45, 2.75) is 210 Å². The van der Waals surface area contributed by atoms with Gasteiger partial charge in [0.05, 0.1) is 0 Å². The highest BCUT2D eigenvalue weighted by atomic mass is 15.3. The average molecular weight is 605 g/mol. The van der Waals surface area contributed by atoms with Gasteiger partial charge in [0.15, 0.2) is 0 Å². The number of hydrogen-bond donors (Lipinski definition) is 0. The first-order valence-electron chi connectivity index (χ1n) is 21.3. The monoisotopic (exact) mass is 605 g/mol. The minimum absolute atomic E-state index is 0.919. The highest BCUT2D eigenvalue weighted by Crippen LogP contribution is 2.55. The minimum Gasteiger partial charge on any atom is -0.297 e. The van der Waals surface area contributed by atoms with Crippen LogP contribution in [0, 0.1) is 47.3 Å². The van der Waals surface area contributed by atoms with Gasteiger partial charge in [0.25, 0.3) is 0 Å². The van der Waals surface area contributed by atoms with Crippen molar-refractivity contribution in [3.8, 4) is 0 Å². The van der Waals surface area contributed by atoms with Crippen LogP contribution >= 0.6 is 0 Å². The lowest BCUT2D eigenvalue weighted by molar-refractivity contribution is -0.0228. The molecule has 2 nitrogen and oxygen atoms in total. The summed E-state index contributed by atoms with van der Waals surface area (Å²) in [5.41, 5.74) is 0. The van der Waals surface area contributed by atoms with Crippen LogP contribution < -0.4 is 0 Å². The fourth-order valence-electron chi connectivity index (χ4n) is 14.4. The summed E-state index contributed by atoms with van der Waals surface area (Å²) in [6.45, 7) is 4.09. The maximum atomic E-state index is 3.34. The second-order valence-electron chi connectivity index (χ2n) is 18.5. The molecule has 0 aromatic rings. The summed E-state index contributed by atoms with van der Waals surface area (Å²) in [7, 11) is 0. The normalized spacial score (nSPS) is 47.2. The van der Waals surface area contributed by atoms with Gasteiger partial charge in [-0.1, -0.05) is 84.0 Å². The molecule has 2 heteroatoms. The van der Waals surface area contributed by atoms with Gasteiger partial charge >= 0.3 is 0 Å². The van der Waals surface area contributed by atoms with E-state index in [9.17, 15) is 0 Å². The standard InChI is InChI=1S/C42H72N2/c1-30-12-10-11-27-43(35-15-6-3-7-16-35)41-28-33(21-25-37(30)41)34-22-26-39-38-17-8-9-18-40(38)44(42(39)29-34)36-23-19-32(20-24-36)31-13-4-2-5-14-31/h30-42H,2-29H2,1H3. The summed E-state index contributed by atoms with van der Waals surface area (Å²) >= 11 is 0. The van der Waals surface area contributed by atoms with Gasteiger partial charge in [-0.25, -0.2) is 0 Å². The van der Waals surface area contributed by atoms with E-state index in [0.717, 1.165) is 77.6 Å². The van der Waals surface area contributed by atoms with Crippen LogP contribution in [0.3, 0.4) is 0 Å². The molecule has 0 N–H and O–H groups in total. The Balaban J connectivity index is 0.972. The first-order chi connectivity index (χ1) is 21.7. The van der Waals surface area contributed by atoms with Gasteiger partial charge in [0, 0.05) is 30.2 Å². The molecule has 8 rings (SSSR count). The van der Waals surface area contributed by atoms with Gasteiger partial charge in [-0.2, -0.15) is 0 Å². The molecule has 0 aromatic heterocycles. The molecule has 0 amide bonds. The molecular weight excluding hydrogens is 532 g/mol. The van der Waals surface area contributed by atoms with E-state index in [-0.39, 0.29) is 0 Å². The Kier molecular flexibility index (Phi) is 10.1. The molecule has 2 heterocycles. The quantitative estimate of drug-likeness (QED) is 0.315. The van der Waals surface area contributed by atoms with E-state index >= 15 is 0 Å². The lowest BCUT2D eigenvalue weighted by Gasteiger charge is -2.52. The Morgan fingerprint density at radius 2 is 0.932 bits per heavy atom. The van der Waals surface area contributed by atoms with Gasteiger partial charge in [-0.05, 0) is 150 Å². The van der Waals surface area contributed by atoms with E-state index in [4.69, 9.17) is 0 Å². The molecule has 2 aliphatic heterocycles. The number of likely N-dealkylation sites (tertiary alicyclic amines) is 2. The van der Waals surface area contributed by atoms with Crippen molar-refractivity contribution >= 4 is 0 Å². The van der Waals surface area contributed by atoms with Crippen molar-refractivity contribution in [1.82, 2.24) is 9.80 Å². The molecule has 0 radical (unpaired) electrons. The molecule has 0 aromatic carbocycles. The van der Waals surface area contributed by atoms with Crippen LogP contribution in [-0.4, -0.2) is 46.6 Å². The molecule has 9 unspecified atom stereocenters. The molecular formula is C42H72N2. The third-order valence-corrected chi connectivity index (χ3v) is 16.6. The number of hydrogen-bond acceptors (Lipinski definition) is 2. The summed E-state index contributed by atoms with van der Waals surface area (Å²) < 4.78 is 0. The van der Waals surface area contributed by atoms with Crippen molar-refractivity contribution in [3.05, 3.63) is 0 Å². The second-order valence-corrected chi connectivity index (χ2v) is 18.5. The summed E-state index contributed by atoms with van der Waals surface area (Å²) in [6, 6.07) is 4.72. The van der Waals surface area contributed by atoms with E-state index in [2.05, 4.69) is 16.7 Å². The fourth-order valence-corrected chi connectivity index (χ4v) is 14.4. The maximum Gasteiger partial charge on any atom is 0.0135 e. The highest BCUT2D eigenvalue weighted by Gasteiger charge is 2.54. The predicted molar refractivity (Wildman–Crippen MR) is 186 cm³/mol. The zero-order valence-corrected chi connectivity index (χ0v) is 29.2. The van der Waals surface area contributed by atoms with Crippen molar-refractivity contribution < 1.29 is 0 Å². The first kappa shape index (κ1) is 31.2. The smallest absolute Gasteiger partial charge is 0.0135 e. The van der Waals surface area contributed by atoms with Crippen LogP contribution in [0.5, 0.6) is 0 Å². The minimum atomic E-state index is 0.919. The van der Waals surface area contributed by atoms with E-state index in [1.807, 2.05) is 0 Å². The number of rotatable bonds is 4. The Hall–Kier alpha value is -0.0800. The predicted octanol–water partition coefficient (Wildman–Crippen LogP) is 11.0. The molecule has 44 heavy (non-hydrogen) atoms. The molecule has 2 saturated heterocycles. The lowest BCUT2D eigenvalue weighted by Crippen LogP contribution is -2.54. The molecule has 0 bridgehead atoms. The first-order valence-corrected chi connectivity index (χ1v) is 21.3. The van der Waals surface area contributed by atoms with Crippen molar-refractivity contribution in [3.63, 3.8) is 0 Å². The van der Waals surface area contributed by atoms with E-state index in [0.29, 0.717) is 0 Å². The van der Waals surface area contributed by atoms with Gasteiger partial charge in [0.2, 0.25) is 0 Å². The van der Waals surface area contributed by atoms with Crippen LogP contribution in [0.25, 0.3) is 0 Å². The molecule has 8 aliphatic rings. The third kappa shape index (κ3) is 6.26. The summed E-state index contributed by atoms with van der Waals surface area (Å²) in [5.74, 6) is 8.32. The summed E-state index contributed by atoms with van der Waals surface area (Å²) in [6.07, 6.45) is 41.7. The van der Waals surface area contributed by atoms with Gasteiger partial charge in [-0.15, -0.1) is 0 Å². The Morgan fingerprint density at radius 1 is 0.364 bits per heavy atom. The van der Waals surface area contributed by atoms with Crippen LogP contribution in [0.15, 0.2) is 0 Å². The van der Waals surface area contributed by atoms with Crippen LogP contribution in [0.1, 0.15) is 180 Å². The zero-order valence-electron chi connectivity index (χ0n) is 29.2. The van der Waals surface area contributed by atoms with Crippen molar-refractivity contribution in [2.24, 2.45) is 47.3 Å². The molecule has 0 spiro atoms. The molecule has 6 saturated carbocycles. The number of fused-ring (bicyclic) bond motifs is 4. The van der Waals surface area contributed by atoms with E-state index in [1.54, 1.807) is 89.9 Å². The SMILES string of the molecule is CC1CCCCN(C2CCCCC2)C2CC(C3CCC4C5CCCCC5N(C5CCC(C6CCCCC6)CC5)C4C3)CCC12. The van der Waals surface area contributed by atoms with Crippen LogP contribution in [-0.2, 0) is 0 Å². The molecule has 250 valence electrons. The van der Waals surface area contributed by atoms with Gasteiger partial charge < -0.3 is 0 Å². The largest absolute Gasteiger partial charge is 0.297 e. The Morgan fingerprint density at radius 3 is 1.70 bits per heavy atom. The van der Waals surface area contributed by atoms with Crippen molar-refractivity contribution in [2.75, 3.05) is 6.54 Å². The van der Waals surface area contributed by atoms with E-state index < -0.39 is 0 Å². The Labute approximate surface area is 273 Å². The third-order valence-electron chi connectivity index (χ3n) is 16.6. The van der Waals surface area contributed by atoms with Gasteiger partial charge in [-0.3, -0.25) is 9.80 Å². The zero-order chi connectivity index (χ0) is 29.5. The Bertz CT molecular complexity index is 895. The average Bonchev–Trinajstić information content (AvgIpc) is 3.42. The fraction of sp³-hybridized carbons (Fsp3) is 1.00. The summed E-state index contributed by atoms with van der Waals surface area (Å²) in [5, 5.41) is 0. The topological polar surface area (TPSA) is 6.48 Å². The molecule has 6 aliphatic carbocycles. The maximum absolute atomic E-state index is 3.34. The van der Waals surface area contributed by atoms with Crippen LogP contribution in [0.2, 0.25) is 0 Å². The van der Waals surface area contributed by atoms with E-state index in [1.165, 1.54) is 90.0 Å². The summed E-state index contributed by atoms with van der Waals surface area (Å²) in [4.78, 5) is 6.54. The van der Waals surface area contributed by atoms with Crippen LogP contribution in [0.4, 0.5) is 0 Å². The highest BCUT2D eigenvalue weighted by molar-refractivity contribution is 5.07. The van der Waals surface area contributed by atoms with Crippen molar-refractivity contribution in [1.29, 1.82) is 0 Å².